The molecule has 0 N–H and O–H groups in total. The summed E-state index contributed by atoms with van der Waals surface area (Å²) in [6.45, 7) is 5.75. The molecule has 1 atom stereocenters. The highest BCUT2D eigenvalue weighted by atomic mass is 35.5. The fourth-order valence-corrected chi connectivity index (χ4v) is 2.57. The number of halogens is 2. The number of morpholine rings is 1. The zero-order valence-electron chi connectivity index (χ0n) is 11.3. The number of hydrogen-bond acceptors (Lipinski definition) is 4. The molecule has 0 saturated carbocycles. The largest absolute Gasteiger partial charge is 0.458 e. The molecule has 1 aliphatic rings. The lowest BCUT2D eigenvalue weighted by molar-refractivity contribution is 0.000460. The van der Waals surface area contributed by atoms with Crippen LogP contribution in [0.1, 0.15) is 17.3 Å². The second-order valence-electron chi connectivity index (χ2n) is 4.75. The lowest BCUT2D eigenvalue weighted by Crippen LogP contribution is -2.41. The van der Waals surface area contributed by atoms with Gasteiger partial charge in [0.1, 0.15) is 6.10 Å². The van der Waals surface area contributed by atoms with Crippen molar-refractivity contribution in [3.63, 3.8) is 0 Å². The third-order valence-corrected chi connectivity index (χ3v) is 3.63. The number of nitrogens with zero attached hydrogens (tertiary/aromatic N) is 1. The zero-order valence-corrected chi connectivity index (χ0v) is 12.8. The maximum atomic E-state index is 12.0. The van der Waals surface area contributed by atoms with E-state index in [0.29, 0.717) is 22.2 Å². The van der Waals surface area contributed by atoms with Crippen LogP contribution in [-0.2, 0) is 9.47 Å². The van der Waals surface area contributed by atoms with E-state index in [-0.39, 0.29) is 6.10 Å². The summed E-state index contributed by atoms with van der Waals surface area (Å²) in [5.74, 6) is -0.424. The van der Waals surface area contributed by atoms with Crippen molar-refractivity contribution in [2.75, 3.05) is 32.8 Å². The van der Waals surface area contributed by atoms with Gasteiger partial charge in [0.15, 0.2) is 0 Å². The predicted molar refractivity (Wildman–Crippen MR) is 78.6 cm³/mol. The van der Waals surface area contributed by atoms with Gasteiger partial charge in [-0.2, -0.15) is 0 Å². The second kappa shape index (κ2) is 7.27. The number of hydrogen-bond donors (Lipinski definition) is 0. The number of rotatable bonds is 4. The average Bonchev–Trinajstić information content (AvgIpc) is 2.39. The lowest BCUT2D eigenvalue weighted by atomic mass is 10.2. The van der Waals surface area contributed by atoms with Crippen molar-refractivity contribution in [3.05, 3.63) is 33.8 Å². The summed E-state index contributed by atoms with van der Waals surface area (Å²) in [5.41, 5.74) is 0.338. The first-order valence-electron chi connectivity index (χ1n) is 6.52. The number of ether oxygens (including phenoxy) is 2. The van der Waals surface area contributed by atoms with Gasteiger partial charge in [-0.15, -0.1) is 0 Å². The summed E-state index contributed by atoms with van der Waals surface area (Å²) in [7, 11) is 0. The van der Waals surface area contributed by atoms with E-state index in [9.17, 15) is 4.79 Å². The summed E-state index contributed by atoms with van der Waals surface area (Å²) in [5, 5.41) is 0.800. The number of esters is 1. The minimum atomic E-state index is -0.424. The predicted octanol–water partition coefficient (Wildman–Crippen LogP) is 2.87. The Balaban J connectivity index is 1.89. The number of carbonyl (C=O) groups is 1. The van der Waals surface area contributed by atoms with Crippen LogP contribution in [0.3, 0.4) is 0 Å². The normalized spacial score (nSPS) is 17.8. The van der Waals surface area contributed by atoms with E-state index in [1.165, 1.54) is 6.07 Å². The van der Waals surface area contributed by atoms with Crippen LogP contribution >= 0.6 is 23.2 Å². The quantitative estimate of drug-likeness (QED) is 0.800. The molecule has 1 aliphatic heterocycles. The average molecular weight is 318 g/mol. The van der Waals surface area contributed by atoms with E-state index < -0.39 is 5.97 Å². The Labute approximate surface area is 128 Å². The highest BCUT2D eigenvalue weighted by Gasteiger charge is 2.19. The van der Waals surface area contributed by atoms with Crippen LogP contribution in [-0.4, -0.2) is 49.8 Å². The van der Waals surface area contributed by atoms with Crippen molar-refractivity contribution >= 4 is 29.2 Å². The number of benzene rings is 1. The van der Waals surface area contributed by atoms with Gasteiger partial charge < -0.3 is 9.47 Å². The monoisotopic (exact) mass is 317 g/mol. The minimum Gasteiger partial charge on any atom is -0.458 e. The smallest absolute Gasteiger partial charge is 0.339 e. The van der Waals surface area contributed by atoms with Crippen LogP contribution in [0.2, 0.25) is 10.0 Å². The molecule has 6 heteroatoms. The van der Waals surface area contributed by atoms with E-state index in [1.807, 2.05) is 6.92 Å². The Morgan fingerprint density at radius 2 is 2.10 bits per heavy atom. The molecule has 1 heterocycles. The molecule has 0 unspecified atom stereocenters. The molecule has 1 aromatic carbocycles. The van der Waals surface area contributed by atoms with Crippen LogP contribution in [0.4, 0.5) is 0 Å². The first-order valence-corrected chi connectivity index (χ1v) is 7.28. The van der Waals surface area contributed by atoms with Gasteiger partial charge in [-0.1, -0.05) is 23.2 Å². The summed E-state index contributed by atoms with van der Waals surface area (Å²) >= 11 is 11.8. The highest BCUT2D eigenvalue weighted by Crippen LogP contribution is 2.22. The number of carbonyl (C=O) groups excluding carboxylic acids is 1. The van der Waals surface area contributed by atoms with Crippen molar-refractivity contribution in [3.8, 4) is 0 Å². The molecular formula is C14H17Cl2NO3. The summed E-state index contributed by atoms with van der Waals surface area (Å²) in [6, 6.07) is 4.73. The van der Waals surface area contributed by atoms with E-state index in [0.717, 1.165) is 26.3 Å². The molecule has 0 amide bonds. The molecule has 4 nitrogen and oxygen atoms in total. The van der Waals surface area contributed by atoms with Gasteiger partial charge in [-0.05, 0) is 25.1 Å². The Hall–Kier alpha value is -0.810. The van der Waals surface area contributed by atoms with Crippen molar-refractivity contribution < 1.29 is 14.3 Å². The Morgan fingerprint density at radius 1 is 1.40 bits per heavy atom. The van der Waals surface area contributed by atoms with E-state index in [2.05, 4.69) is 4.90 Å². The first-order chi connectivity index (χ1) is 9.56. The van der Waals surface area contributed by atoms with Crippen molar-refractivity contribution in [2.24, 2.45) is 0 Å². The molecule has 0 spiro atoms. The van der Waals surface area contributed by atoms with Gasteiger partial charge in [0.05, 0.1) is 23.8 Å². The van der Waals surface area contributed by atoms with Crippen LogP contribution in [0.15, 0.2) is 18.2 Å². The van der Waals surface area contributed by atoms with Crippen LogP contribution < -0.4 is 0 Å². The second-order valence-corrected chi connectivity index (χ2v) is 5.60. The highest BCUT2D eigenvalue weighted by molar-refractivity contribution is 6.36. The fourth-order valence-electron chi connectivity index (χ4n) is 2.09. The van der Waals surface area contributed by atoms with Gasteiger partial charge in [-0.25, -0.2) is 4.79 Å². The minimum absolute atomic E-state index is 0.202. The first kappa shape index (κ1) is 15.6. The van der Waals surface area contributed by atoms with E-state index >= 15 is 0 Å². The standard InChI is InChI=1S/C14H17Cl2NO3/c1-10(9-17-4-6-19-7-5-17)20-14(18)12-3-2-11(15)8-13(12)16/h2-3,8,10H,4-7,9H2,1H3/t10-/m1/s1. The third kappa shape index (κ3) is 4.35. The van der Waals surface area contributed by atoms with Gasteiger partial charge in [-0.3, -0.25) is 4.90 Å². The summed E-state index contributed by atoms with van der Waals surface area (Å²) in [6.07, 6.45) is -0.202. The summed E-state index contributed by atoms with van der Waals surface area (Å²) in [4.78, 5) is 14.2. The van der Waals surface area contributed by atoms with Crippen molar-refractivity contribution in [1.82, 2.24) is 4.90 Å². The van der Waals surface area contributed by atoms with Crippen LogP contribution in [0.5, 0.6) is 0 Å². The SMILES string of the molecule is C[C@H](CN1CCOCC1)OC(=O)c1ccc(Cl)cc1Cl. The van der Waals surface area contributed by atoms with Gasteiger partial charge in [0, 0.05) is 24.7 Å². The zero-order chi connectivity index (χ0) is 14.5. The molecule has 0 aromatic heterocycles. The fraction of sp³-hybridized carbons (Fsp3) is 0.500. The molecule has 2 rings (SSSR count). The maximum Gasteiger partial charge on any atom is 0.339 e. The molecule has 1 saturated heterocycles. The molecule has 110 valence electrons. The maximum absolute atomic E-state index is 12.0. The van der Waals surface area contributed by atoms with Crippen LogP contribution in [0.25, 0.3) is 0 Å². The van der Waals surface area contributed by atoms with Gasteiger partial charge >= 0.3 is 5.97 Å². The Bertz CT molecular complexity index is 475. The summed E-state index contributed by atoms with van der Waals surface area (Å²) < 4.78 is 10.7. The molecule has 0 bridgehead atoms. The Morgan fingerprint density at radius 3 is 2.75 bits per heavy atom. The lowest BCUT2D eigenvalue weighted by Gasteiger charge is -2.28. The molecular weight excluding hydrogens is 301 g/mol. The third-order valence-electron chi connectivity index (χ3n) is 3.08. The van der Waals surface area contributed by atoms with Crippen LogP contribution in [0, 0.1) is 0 Å². The van der Waals surface area contributed by atoms with Crippen molar-refractivity contribution in [2.45, 2.75) is 13.0 Å². The molecule has 1 aromatic rings. The molecule has 0 radical (unpaired) electrons. The molecule has 1 fully saturated rings. The van der Waals surface area contributed by atoms with E-state index in [4.69, 9.17) is 32.7 Å². The molecule has 20 heavy (non-hydrogen) atoms. The van der Waals surface area contributed by atoms with Crippen molar-refractivity contribution in [1.29, 1.82) is 0 Å². The van der Waals surface area contributed by atoms with E-state index in [1.54, 1.807) is 12.1 Å². The molecule has 0 aliphatic carbocycles. The van der Waals surface area contributed by atoms with Gasteiger partial charge in [0.25, 0.3) is 0 Å². The Kier molecular flexibility index (Phi) is 5.66. The van der Waals surface area contributed by atoms with Gasteiger partial charge in [0.2, 0.25) is 0 Å². The topological polar surface area (TPSA) is 38.8 Å².